The van der Waals surface area contributed by atoms with Crippen molar-refractivity contribution in [2.24, 2.45) is 0 Å². The van der Waals surface area contributed by atoms with Crippen molar-refractivity contribution in [3.63, 3.8) is 0 Å². The smallest absolute Gasteiger partial charge is 0.257 e. The van der Waals surface area contributed by atoms with Crippen molar-refractivity contribution in [2.75, 3.05) is 18.2 Å². The number of hydrogen-bond acceptors (Lipinski definition) is 4. The maximum absolute atomic E-state index is 12.0. The molecule has 98 valence electrons. The van der Waals surface area contributed by atoms with Crippen LogP contribution in [0.1, 0.15) is 10.4 Å². The third kappa shape index (κ3) is 2.77. The molecule has 0 radical (unpaired) electrons. The van der Waals surface area contributed by atoms with Crippen LogP contribution in [0.2, 0.25) is 0 Å². The Morgan fingerprint density at radius 3 is 2.63 bits per heavy atom. The zero-order valence-corrected chi connectivity index (χ0v) is 10.4. The topological polar surface area (TPSA) is 84.6 Å². The van der Waals surface area contributed by atoms with Crippen LogP contribution in [0.3, 0.4) is 0 Å². The van der Waals surface area contributed by atoms with Gasteiger partial charge in [0.2, 0.25) is 0 Å². The van der Waals surface area contributed by atoms with Gasteiger partial charge in [0.25, 0.3) is 5.91 Å². The van der Waals surface area contributed by atoms with Gasteiger partial charge in [0.05, 0.1) is 18.4 Å². The summed E-state index contributed by atoms with van der Waals surface area (Å²) >= 11 is 0. The number of amides is 1. The minimum absolute atomic E-state index is 0.00272. The van der Waals surface area contributed by atoms with E-state index in [1.807, 2.05) is 0 Å². The Morgan fingerprint density at radius 1 is 1.26 bits per heavy atom. The summed E-state index contributed by atoms with van der Waals surface area (Å²) in [5, 5.41) is 12.2. The Balaban J connectivity index is 2.23. The summed E-state index contributed by atoms with van der Waals surface area (Å²) in [4.78, 5) is 12.0. The summed E-state index contributed by atoms with van der Waals surface area (Å²) in [6.07, 6.45) is 0. The molecule has 1 amide bonds. The number of nitrogens with one attached hydrogen (secondary N) is 1. The Labute approximate surface area is 110 Å². The number of hydrogen-bond donors (Lipinski definition) is 3. The maximum Gasteiger partial charge on any atom is 0.257 e. The van der Waals surface area contributed by atoms with Gasteiger partial charge in [0.15, 0.2) is 0 Å². The first-order chi connectivity index (χ1) is 9.11. The van der Waals surface area contributed by atoms with E-state index in [4.69, 9.17) is 10.5 Å². The zero-order valence-electron chi connectivity index (χ0n) is 10.4. The normalized spacial score (nSPS) is 9.95. The first-order valence-corrected chi connectivity index (χ1v) is 5.64. The predicted octanol–water partition coefficient (Wildman–Crippen LogP) is 2.24. The van der Waals surface area contributed by atoms with E-state index in [2.05, 4.69) is 5.32 Å². The van der Waals surface area contributed by atoms with Gasteiger partial charge in [-0.05, 0) is 24.3 Å². The molecule has 0 saturated carbocycles. The Bertz CT molecular complexity index is 611. The highest BCUT2D eigenvalue weighted by molar-refractivity contribution is 6.08. The fourth-order valence-electron chi connectivity index (χ4n) is 1.64. The third-order valence-corrected chi connectivity index (χ3v) is 2.66. The summed E-state index contributed by atoms with van der Waals surface area (Å²) in [5.74, 6) is 0.196. The second-order valence-electron chi connectivity index (χ2n) is 3.92. The van der Waals surface area contributed by atoms with Crippen molar-refractivity contribution in [1.29, 1.82) is 0 Å². The lowest BCUT2D eigenvalue weighted by Crippen LogP contribution is -2.14. The number of rotatable bonds is 3. The first kappa shape index (κ1) is 12.8. The molecule has 4 N–H and O–H groups in total. The summed E-state index contributed by atoms with van der Waals surface area (Å²) in [7, 11) is 1.52. The van der Waals surface area contributed by atoms with Gasteiger partial charge >= 0.3 is 0 Å². The average Bonchev–Trinajstić information content (AvgIpc) is 2.41. The highest BCUT2D eigenvalue weighted by Gasteiger charge is 2.12. The Kier molecular flexibility index (Phi) is 3.56. The summed E-state index contributed by atoms with van der Waals surface area (Å²) in [5.41, 5.74) is 6.76. The van der Waals surface area contributed by atoms with Gasteiger partial charge < -0.3 is 20.9 Å². The fourth-order valence-corrected chi connectivity index (χ4v) is 1.64. The minimum atomic E-state index is -0.387. The van der Waals surface area contributed by atoms with Crippen LogP contribution in [0, 0.1) is 0 Å². The molecule has 0 fully saturated rings. The number of anilines is 2. The van der Waals surface area contributed by atoms with E-state index < -0.39 is 0 Å². The summed E-state index contributed by atoms with van der Waals surface area (Å²) in [6, 6.07) is 11.3. The molecule has 2 aromatic rings. The molecule has 0 heterocycles. The number of carbonyl (C=O) groups is 1. The zero-order chi connectivity index (χ0) is 13.8. The van der Waals surface area contributed by atoms with Gasteiger partial charge in [-0.15, -0.1) is 0 Å². The SMILES string of the molecule is COc1ccc(C(=O)Nc2ccccc2O)c(N)c1. The van der Waals surface area contributed by atoms with E-state index in [9.17, 15) is 9.90 Å². The van der Waals surface area contributed by atoms with E-state index in [1.54, 1.807) is 36.4 Å². The van der Waals surface area contributed by atoms with Crippen LogP contribution >= 0.6 is 0 Å². The molecular weight excluding hydrogens is 244 g/mol. The lowest BCUT2D eigenvalue weighted by atomic mass is 10.1. The van der Waals surface area contributed by atoms with E-state index in [0.29, 0.717) is 22.7 Å². The number of benzene rings is 2. The standard InChI is InChI=1S/C14H14N2O3/c1-19-9-6-7-10(11(15)8-9)14(18)16-12-4-2-3-5-13(12)17/h2-8,17H,15H2,1H3,(H,16,18). The number of nitrogens with two attached hydrogens (primary N) is 1. The van der Waals surface area contributed by atoms with Crippen molar-refractivity contribution < 1.29 is 14.6 Å². The average molecular weight is 258 g/mol. The van der Waals surface area contributed by atoms with Crippen molar-refractivity contribution >= 4 is 17.3 Å². The highest BCUT2D eigenvalue weighted by Crippen LogP contribution is 2.24. The van der Waals surface area contributed by atoms with E-state index in [0.717, 1.165) is 0 Å². The van der Waals surface area contributed by atoms with Gasteiger partial charge in [0.1, 0.15) is 11.5 Å². The van der Waals surface area contributed by atoms with E-state index in [1.165, 1.54) is 13.2 Å². The number of phenolic OH excluding ortho intramolecular Hbond substituents is 1. The van der Waals surface area contributed by atoms with Crippen molar-refractivity contribution in [2.45, 2.75) is 0 Å². The summed E-state index contributed by atoms with van der Waals surface area (Å²) < 4.78 is 5.02. The number of para-hydroxylation sites is 2. The molecule has 2 rings (SSSR count). The predicted molar refractivity (Wildman–Crippen MR) is 73.5 cm³/mol. The van der Waals surface area contributed by atoms with Gasteiger partial charge in [-0.25, -0.2) is 0 Å². The first-order valence-electron chi connectivity index (χ1n) is 5.64. The van der Waals surface area contributed by atoms with Crippen LogP contribution in [-0.4, -0.2) is 18.1 Å². The maximum atomic E-state index is 12.0. The van der Waals surface area contributed by atoms with Gasteiger partial charge in [-0.1, -0.05) is 12.1 Å². The summed E-state index contributed by atoms with van der Waals surface area (Å²) in [6.45, 7) is 0. The van der Waals surface area contributed by atoms with E-state index >= 15 is 0 Å². The van der Waals surface area contributed by atoms with Crippen LogP contribution in [0.15, 0.2) is 42.5 Å². The monoisotopic (exact) mass is 258 g/mol. The quantitative estimate of drug-likeness (QED) is 0.582. The molecule has 5 heteroatoms. The van der Waals surface area contributed by atoms with Crippen LogP contribution < -0.4 is 15.8 Å². The van der Waals surface area contributed by atoms with Gasteiger partial charge in [0, 0.05) is 11.8 Å². The highest BCUT2D eigenvalue weighted by atomic mass is 16.5. The van der Waals surface area contributed by atoms with Crippen molar-refractivity contribution in [3.8, 4) is 11.5 Å². The molecule has 19 heavy (non-hydrogen) atoms. The molecule has 0 saturated heterocycles. The molecule has 0 aliphatic heterocycles. The molecule has 0 unspecified atom stereocenters. The largest absolute Gasteiger partial charge is 0.506 e. The van der Waals surface area contributed by atoms with Crippen molar-refractivity contribution in [1.82, 2.24) is 0 Å². The molecule has 2 aromatic carbocycles. The second kappa shape index (κ2) is 5.30. The molecule has 0 spiro atoms. The number of carbonyl (C=O) groups excluding carboxylic acids is 1. The lowest BCUT2D eigenvalue weighted by Gasteiger charge is -2.09. The minimum Gasteiger partial charge on any atom is -0.506 e. The van der Waals surface area contributed by atoms with Crippen LogP contribution in [0.5, 0.6) is 11.5 Å². The lowest BCUT2D eigenvalue weighted by molar-refractivity contribution is 0.102. The fraction of sp³-hybridized carbons (Fsp3) is 0.0714. The Morgan fingerprint density at radius 2 is 2.00 bits per heavy atom. The van der Waals surface area contributed by atoms with Crippen molar-refractivity contribution in [3.05, 3.63) is 48.0 Å². The second-order valence-corrected chi connectivity index (χ2v) is 3.92. The molecule has 0 aliphatic carbocycles. The number of ether oxygens (including phenoxy) is 1. The number of phenols is 1. The number of methoxy groups -OCH3 is 1. The van der Waals surface area contributed by atoms with Crippen LogP contribution in [0.4, 0.5) is 11.4 Å². The molecule has 0 aromatic heterocycles. The van der Waals surface area contributed by atoms with Crippen LogP contribution in [-0.2, 0) is 0 Å². The molecule has 5 nitrogen and oxygen atoms in total. The Hall–Kier alpha value is -2.69. The van der Waals surface area contributed by atoms with Gasteiger partial charge in [-0.2, -0.15) is 0 Å². The molecule has 0 atom stereocenters. The van der Waals surface area contributed by atoms with Crippen LogP contribution in [0.25, 0.3) is 0 Å². The molecule has 0 aliphatic rings. The van der Waals surface area contributed by atoms with Gasteiger partial charge in [-0.3, -0.25) is 4.79 Å². The third-order valence-electron chi connectivity index (χ3n) is 2.66. The number of nitrogen functional groups attached to an aromatic ring is 1. The van der Waals surface area contributed by atoms with E-state index in [-0.39, 0.29) is 11.7 Å². The number of aromatic hydroxyl groups is 1. The molecule has 0 bridgehead atoms. The molecular formula is C14H14N2O3.